The van der Waals surface area contributed by atoms with Crippen LogP contribution in [-0.2, 0) is 6.42 Å². The van der Waals surface area contributed by atoms with Gasteiger partial charge in [-0.05, 0) is 6.42 Å². The first-order chi connectivity index (χ1) is 5.81. The Balaban J connectivity index is 2.73. The SMILES string of the molecule is CCc1cn2cncc2cc1O. The van der Waals surface area contributed by atoms with E-state index in [0.717, 1.165) is 17.5 Å². The van der Waals surface area contributed by atoms with Gasteiger partial charge in [0.25, 0.3) is 0 Å². The number of rotatable bonds is 1. The van der Waals surface area contributed by atoms with Gasteiger partial charge in [-0.1, -0.05) is 6.92 Å². The van der Waals surface area contributed by atoms with E-state index < -0.39 is 0 Å². The molecule has 2 aromatic heterocycles. The highest BCUT2D eigenvalue weighted by Crippen LogP contribution is 2.19. The van der Waals surface area contributed by atoms with Crippen LogP contribution in [0.2, 0.25) is 0 Å². The molecule has 0 aliphatic rings. The third-order valence-electron chi connectivity index (χ3n) is 1.99. The molecule has 0 unspecified atom stereocenters. The van der Waals surface area contributed by atoms with Gasteiger partial charge in [0, 0.05) is 17.8 Å². The zero-order valence-electron chi connectivity index (χ0n) is 6.86. The van der Waals surface area contributed by atoms with Gasteiger partial charge < -0.3 is 9.51 Å². The minimum atomic E-state index is 0.352. The Bertz CT molecular complexity index is 406. The van der Waals surface area contributed by atoms with Crippen molar-refractivity contribution >= 4 is 5.52 Å². The lowest BCUT2D eigenvalue weighted by Gasteiger charge is -2.01. The summed E-state index contributed by atoms with van der Waals surface area (Å²) in [7, 11) is 0. The summed E-state index contributed by atoms with van der Waals surface area (Å²) in [6, 6.07) is 1.73. The molecule has 0 fully saturated rings. The highest BCUT2D eigenvalue weighted by molar-refractivity contribution is 5.51. The van der Waals surface area contributed by atoms with Crippen LogP contribution in [-0.4, -0.2) is 14.5 Å². The van der Waals surface area contributed by atoms with Gasteiger partial charge in [-0.2, -0.15) is 0 Å². The Hall–Kier alpha value is -1.51. The monoisotopic (exact) mass is 162 g/mol. The summed E-state index contributed by atoms with van der Waals surface area (Å²) in [6.45, 7) is 2.01. The minimum absolute atomic E-state index is 0.352. The highest BCUT2D eigenvalue weighted by atomic mass is 16.3. The molecule has 2 heterocycles. The molecule has 0 spiro atoms. The van der Waals surface area contributed by atoms with Crippen molar-refractivity contribution in [3.63, 3.8) is 0 Å². The number of nitrogens with zero attached hydrogens (tertiary/aromatic N) is 2. The summed E-state index contributed by atoms with van der Waals surface area (Å²) in [5.41, 5.74) is 1.87. The summed E-state index contributed by atoms with van der Waals surface area (Å²) in [4.78, 5) is 3.97. The fourth-order valence-corrected chi connectivity index (χ4v) is 1.27. The molecular formula is C9H10N2O. The fourth-order valence-electron chi connectivity index (χ4n) is 1.27. The first-order valence-corrected chi connectivity index (χ1v) is 3.95. The second kappa shape index (κ2) is 2.52. The van der Waals surface area contributed by atoms with Crippen LogP contribution in [0.1, 0.15) is 12.5 Å². The van der Waals surface area contributed by atoms with Crippen LogP contribution in [0.5, 0.6) is 5.75 Å². The van der Waals surface area contributed by atoms with Crippen molar-refractivity contribution in [2.24, 2.45) is 0 Å². The topological polar surface area (TPSA) is 37.5 Å². The van der Waals surface area contributed by atoms with Crippen molar-refractivity contribution in [2.75, 3.05) is 0 Å². The smallest absolute Gasteiger partial charge is 0.122 e. The largest absolute Gasteiger partial charge is 0.508 e. The summed E-state index contributed by atoms with van der Waals surface area (Å²) in [6.07, 6.45) is 6.19. The van der Waals surface area contributed by atoms with Crippen molar-refractivity contribution in [3.05, 3.63) is 30.4 Å². The van der Waals surface area contributed by atoms with Crippen LogP contribution in [0.25, 0.3) is 5.52 Å². The lowest BCUT2D eigenvalue weighted by atomic mass is 10.2. The molecule has 62 valence electrons. The third kappa shape index (κ3) is 0.942. The number of hydrogen-bond donors (Lipinski definition) is 1. The summed E-state index contributed by atoms with van der Waals surface area (Å²) >= 11 is 0. The molecule has 3 heteroatoms. The van der Waals surface area contributed by atoms with Crippen LogP contribution >= 0.6 is 0 Å². The molecule has 0 bridgehead atoms. The Labute approximate surface area is 70.3 Å². The van der Waals surface area contributed by atoms with Crippen LogP contribution in [0, 0.1) is 0 Å². The highest BCUT2D eigenvalue weighted by Gasteiger charge is 2.00. The lowest BCUT2D eigenvalue weighted by molar-refractivity contribution is 0.468. The molecule has 3 nitrogen and oxygen atoms in total. The number of pyridine rings is 1. The van der Waals surface area contributed by atoms with Crippen molar-refractivity contribution in [1.82, 2.24) is 9.38 Å². The Morgan fingerprint density at radius 2 is 2.42 bits per heavy atom. The van der Waals surface area contributed by atoms with E-state index in [2.05, 4.69) is 4.98 Å². The summed E-state index contributed by atoms with van der Waals surface area (Å²) < 4.78 is 1.90. The van der Waals surface area contributed by atoms with E-state index in [9.17, 15) is 5.11 Å². The number of fused-ring (bicyclic) bond motifs is 1. The molecule has 0 saturated carbocycles. The van der Waals surface area contributed by atoms with Gasteiger partial charge in [0.15, 0.2) is 0 Å². The normalized spacial score (nSPS) is 10.8. The second-order valence-electron chi connectivity index (χ2n) is 2.76. The number of aromatic nitrogens is 2. The van der Waals surface area contributed by atoms with Gasteiger partial charge in [0.05, 0.1) is 18.0 Å². The van der Waals surface area contributed by atoms with E-state index >= 15 is 0 Å². The number of hydrogen-bond acceptors (Lipinski definition) is 2. The molecule has 0 aliphatic heterocycles. The standard InChI is InChI=1S/C9H10N2O/c1-2-7-5-11-6-10-4-8(11)3-9(7)12/h3-6,12H,2H2,1H3. The van der Waals surface area contributed by atoms with E-state index in [1.54, 1.807) is 18.6 Å². The summed E-state index contributed by atoms with van der Waals surface area (Å²) in [5.74, 6) is 0.352. The van der Waals surface area contributed by atoms with Gasteiger partial charge in [-0.15, -0.1) is 0 Å². The quantitative estimate of drug-likeness (QED) is 0.691. The van der Waals surface area contributed by atoms with Crippen LogP contribution in [0.15, 0.2) is 24.8 Å². The van der Waals surface area contributed by atoms with Crippen molar-refractivity contribution in [2.45, 2.75) is 13.3 Å². The molecular weight excluding hydrogens is 152 g/mol. The Morgan fingerprint density at radius 1 is 1.58 bits per heavy atom. The maximum atomic E-state index is 9.49. The lowest BCUT2D eigenvalue weighted by Crippen LogP contribution is -1.87. The van der Waals surface area contributed by atoms with E-state index in [1.165, 1.54) is 0 Å². The maximum Gasteiger partial charge on any atom is 0.122 e. The van der Waals surface area contributed by atoms with Crippen molar-refractivity contribution in [1.29, 1.82) is 0 Å². The van der Waals surface area contributed by atoms with E-state index in [1.807, 2.05) is 17.5 Å². The fraction of sp³-hybridized carbons (Fsp3) is 0.222. The molecule has 0 amide bonds. The van der Waals surface area contributed by atoms with Gasteiger partial charge >= 0.3 is 0 Å². The van der Waals surface area contributed by atoms with Crippen molar-refractivity contribution in [3.8, 4) is 5.75 Å². The van der Waals surface area contributed by atoms with Crippen molar-refractivity contribution < 1.29 is 5.11 Å². The predicted molar refractivity (Wildman–Crippen MR) is 46.2 cm³/mol. The van der Waals surface area contributed by atoms with Crippen LogP contribution < -0.4 is 0 Å². The molecule has 0 radical (unpaired) electrons. The van der Waals surface area contributed by atoms with Gasteiger partial charge in [-0.3, -0.25) is 0 Å². The third-order valence-corrected chi connectivity index (χ3v) is 1.99. The Morgan fingerprint density at radius 3 is 3.17 bits per heavy atom. The average molecular weight is 162 g/mol. The zero-order valence-corrected chi connectivity index (χ0v) is 6.86. The molecule has 12 heavy (non-hydrogen) atoms. The molecule has 2 rings (SSSR count). The Kier molecular flexibility index (Phi) is 1.50. The molecule has 2 aromatic rings. The number of imidazole rings is 1. The number of aromatic hydroxyl groups is 1. The predicted octanol–water partition coefficient (Wildman–Crippen LogP) is 1.60. The van der Waals surface area contributed by atoms with Gasteiger partial charge in [-0.25, -0.2) is 4.98 Å². The molecule has 0 atom stereocenters. The average Bonchev–Trinajstić information content (AvgIpc) is 2.49. The first kappa shape index (κ1) is 7.16. The van der Waals surface area contributed by atoms with Gasteiger partial charge in [0.1, 0.15) is 5.75 Å². The molecule has 1 N–H and O–H groups in total. The van der Waals surface area contributed by atoms with E-state index in [0.29, 0.717) is 5.75 Å². The maximum absolute atomic E-state index is 9.49. The van der Waals surface area contributed by atoms with E-state index in [4.69, 9.17) is 0 Å². The van der Waals surface area contributed by atoms with Gasteiger partial charge in [0.2, 0.25) is 0 Å². The molecule has 0 aliphatic carbocycles. The number of aryl methyl sites for hydroxylation is 1. The molecule has 0 saturated heterocycles. The second-order valence-corrected chi connectivity index (χ2v) is 2.76. The first-order valence-electron chi connectivity index (χ1n) is 3.95. The van der Waals surface area contributed by atoms with Crippen LogP contribution in [0.4, 0.5) is 0 Å². The summed E-state index contributed by atoms with van der Waals surface area (Å²) in [5, 5.41) is 9.49. The zero-order chi connectivity index (χ0) is 8.55. The molecule has 0 aromatic carbocycles. The minimum Gasteiger partial charge on any atom is -0.508 e. The van der Waals surface area contributed by atoms with Crippen LogP contribution in [0.3, 0.4) is 0 Å². The van der Waals surface area contributed by atoms with E-state index in [-0.39, 0.29) is 0 Å².